The van der Waals surface area contributed by atoms with Gasteiger partial charge < -0.3 is 4.79 Å². The van der Waals surface area contributed by atoms with E-state index in [4.69, 9.17) is 0 Å². The minimum atomic E-state index is 0.297. The van der Waals surface area contributed by atoms with Gasteiger partial charge >= 0.3 is 0 Å². The maximum Gasteiger partial charge on any atom is 0.124 e. The van der Waals surface area contributed by atoms with Crippen LogP contribution in [-0.4, -0.2) is 6.29 Å². The van der Waals surface area contributed by atoms with Crippen molar-refractivity contribution in [3.63, 3.8) is 0 Å². The van der Waals surface area contributed by atoms with Gasteiger partial charge in [-0.3, -0.25) is 0 Å². The predicted octanol–water partition coefficient (Wildman–Crippen LogP) is 4.52. The highest BCUT2D eigenvalue weighted by Gasteiger charge is 2.49. The van der Waals surface area contributed by atoms with E-state index in [2.05, 4.69) is 27.7 Å². The van der Waals surface area contributed by atoms with Crippen LogP contribution in [0.3, 0.4) is 0 Å². The number of carbonyl (C=O) groups is 1. The Hall–Kier alpha value is -0.590. The minimum absolute atomic E-state index is 0.297. The first kappa shape index (κ1) is 12.9. The lowest BCUT2D eigenvalue weighted by atomic mass is 9.50. The molecule has 1 saturated carbocycles. The number of rotatable bonds is 2. The van der Waals surface area contributed by atoms with Gasteiger partial charge in [-0.25, -0.2) is 0 Å². The van der Waals surface area contributed by atoms with E-state index < -0.39 is 0 Å². The molecule has 1 heteroatoms. The predicted molar refractivity (Wildman–Crippen MR) is 71.8 cm³/mol. The monoisotopic (exact) mass is 234 g/mol. The minimum Gasteiger partial charge on any atom is -0.303 e. The van der Waals surface area contributed by atoms with Crippen LogP contribution < -0.4 is 0 Å². The SMILES string of the molecule is CC1=C(CC=O)C2(C)CCCC(C)(C)C2CC1. The van der Waals surface area contributed by atoms with Crippen molar-refractivity contribution in [2.75, 3.05) is 0 Å². The van der Waals surface area contributed by atoms with Gasteiger partial charge in [0.1, 0.15) is 6.29 Å². The van der Waals surface area contributed by atoms with E-state index in [1.807, 2.05) is 0 Å². The molecule has 17 heavy (non-hydrogen) atoms. The first-order valence-electron chi connectivity index (χ1n) is 7.04. The second-order valence-corrected chi connectivity index (χ2v) is 6.98. The Kier molecular flexibility index (Phi) is 3.22. The molecule has 0 N–H and O–H groups in total. The summed E-state index contributed by atoms with van der Waals surface area (Å²) in [6, 6.07) is 0. The summed E-state index contributed by atoms with van der Waals surface area (Å²) < 4.78 is 0. The zero-order valence-corrected chi connectivity index (χ0v) is 11.8. The Balaban J connectivity index is 2.42. The van der Waals surface area contributed by atoms with Crippen LogP contribution in [0.4, 0.5) is 0 Å². The van der Waals surface area contributed by atoms with Gasteiger partial charge in [0.05, 0.1) is 0 Å². The molecule has 0 aromatic rings. The summed E-state index contributed by atoms with van der Waals surface area (Å²) in [5, 5.41) is 0. The standard InChI is InChI=1S/C16H26O/c1-12-6-7-14-15(2,3)9-5-10-16(14,4)13(12)8-11-17/h11,14H,5-10H2,1-4H3. The lowest BCUT2D eigenvalue weighted by Crippen LogP contribution is -2.45. The Morgan fingerprint density at radius 2 is 2.00 bits per heavy atom. The third kappa shape index (κ3) is 1.98. The first-order valence-corrected chi connectivity index (χ1v) is 7.04. The number of hydrogen-bond acceptors (Lipinski definition) is 1. The molecule has 0 heterocycles. The molecule has 2 unspecified atom stereocenters. The number of fused-ring (bicyclic) bond motifs is 1. The van der Waals surface area contributed by atoms with Crippen LogP contribution in [0.5, 0.6) is 0 Å². The molecule has 2 aliphatic carbocycles. The second-order valence-electron chi connectivity index (χ2n) is 6.98. The Morgan fingerprint density at radius 1 is 1.29 bits per heavy atom. The van der Waals surface area contributed by atoms with Crippen LogP contribution in [0.25, 0.3) is 0 Å². The van der Waals surface area contributed by atoms with Gasteiger partial charge in [-0.2, -0.15) is 0 Å². The van der Waals surface area contributed by atoms with Gasteiger partial charge in [0.2, 0.25) is 0 Å². The van der Waals surface area contributed by atoms with Crippen LogP contribution in [-0.2, 0) is 4.79 Å². The Morgan fingerprint density at radius 3 is 2.65 bits per heavy atom. The Labute approximate surface area is 106 Å². The van der Waals surface area contributed by atoms with Crippen molar-refractivity contribution in [2.24, 2.45) is 16.7 Å². The fourth-order valence-corrected chi connectivity index (χ4v) is 4.68. The van der Waals surface area contributed by atoms with Crippen molar-refractivity contribution in [3.05, 3.63) is 11.1 Å². The molecule has 2 aliphatic rings. The molecule has 0 aromatic heterocycles. The van der Waals surface area contributed by atoms with Gasteiger partial charge in [0.15, 0.2) is 0 Å². The molecule has 1 nitrogen and oxygen atoms in total. The third-order valence-electron chi connectivity index (χ3n) is 5.53. The maximum atomic E-state index is 11.0. The van der Waals surface area contributed by atoms with E-state index in [-0.39, 0.29) is 0 Å². The summed E-state index contributed by atoms with van der Waals surface area (Å²) in [4.78, 5) is 11.0. The lowest BCUT2D eigenvalue weighted by molar-refractivity contribution is -0.107. The molecular formula is C16H26O. The van der Waals surface area contributed by atoms with Crippen molar-refractivity contribution in [3.8, 4) is 0 Å². The van der Waals surface area contributed by atoms with Gasteiger partial charge in [0, 0.05) is 6.42 Å². The van der Waals surface area contributed by atoms with E-state index >= 15 is 0 Å². The van der Waals surface area contributed by atoms with Gasteiger partial charge in [-0.1, -0.05) is 38.3 Å². The van der Waals surface area contributed by atoms with Crippen LogP contribution >= 0.6 is 0 Å². The van der Waals surface area contributed by atoms with Crippen molar-refractivity contribution in [1.29, 1.82) is 0 Å². The first-order chi connectivity index (χ1) is 7.92. The van der Waals surface area contributed by atoms with Crippen molar-refractivity contribution < 1.29 is 4.79 Å². The summed E-state index contributed by atoms with van der Waals surface area (Å²) in [5.41, 5.74) is 3.71. The lowest BCUT2D eigenvalue weighted by Gasteiger charge is -2.55. The van der Waals surface area contributed by atoms with Crippen molar-refractivity contribution in [1.82, 2.24) is 0 Å². The highest BCUT2D eigenvalue weighted by molar-refractivity contribution is 5.56. The fraction of sp³-hybridized carbons (Fsp3) is 0.812. The number of aldehydes is 1. The van der Waals surface area contributed by atoms with E-state index in [0.29, 0.717) is 17.3 Å². The van der Waals surface area contributed by atoms with Gasteiger partial charge in [0.25, 0.3) is 0 Å². The van der Waals surface area contributed by atoms with Crippen LogP contribution in [0, 0.1) is 16.7 Å². The molecule has 1 fully saturated rings. The molecule has 0 aromatic carbocycles. The average molecular weight is 234 g/mol. The summed E-state index contributed by atoms with van der Waals surface area (Å²) in [7, 11) is 0. The molecular weight excluding hydrogens is 208 g/mol. The van der Waals surface area contributed by atoms with E-state index in [1.165, 1.54) is 43.3 Å². The normalized spacial score (nSPS) is 36.6. The molecule has 0 bridgehead atoms. The van der Waals surface area contributed by atoms with Gasteiger partial charge in [-0.15, -0.1) is 0 Å². The van der Waals surface area contributed by atoms with E-state index in [9.17, 15) is 4.79 Å². The molecule has 0 spiro atoms. The fourth-order valence-electron chi connectivity index (χ4n) is 4.68. The molecule has 0 radical (unpaired) electrons. The van der Waals surface area contributed by atoms with Crippen LogP contribution in [0.15, 0.2) is 11.1 Å². The largest absolute Gasteiger partial charge is 0.303 e. The highest BCUT2D eigenvalue weighted by Crippen LogP contribution is 2.59. The second kappa shape index (κ2) is 4.26. The van der Waals surface area contributed by atoms with Gasteiger partial charge in [-0.05, 0) is 49.4 Å². The zero-order chi connectivity index (χ0) is 12.7. The van der Waals surface area contributed by atoms with Crippen molar-refractivity contribution >= 4 is 6.29 Å². The number of hydrogen-bond donors (Lipinski definition) is 0. The topological polar surface area (TPSA) is 17.1 Å². The summed E-state index contributed by atoms with van der Waals surface area (Å²) >= 11 is 0. The summed E-state index contributed by atoms with van der Waals surface area (Å²) in [6.45, 7) is 9.50. The van der Waals surface area contributed by atoms with Crippen LogP contribution in [0.2, 0.25) is 0 Å². The molecule has 0 aliphatic heterocycles. The summed E-state index contributed by atoms with van der Waals surface area (Å²) in [5.74, 6) is 0.766. The quantitative estimate of drug-likeness (QED) is 0.507. The number of carbonyl (C=O) groups excluding carboxylic acids is 1. The smallest absolute Gasteiger partial charge is 0.124 e. The number of allylic oxidation sites excluding steroid dienone is 2. The average Bonchev–Trinajstić information content (AvgIpc) is 2.22. The van der Waals surface area contributed by atoms with Crippen molar-refractivity contribution in [2.45, 2.75) is 66.2 Å². The molecule has 96 valence electrons. The van der Waals surface area contributed by atoms with E-state index in [1.54, 1.807) is 0 Å². The third-order valence-corrected chi connectivity index (χ3v) is 5.53. The molecule has 2 atom stereocenters. The molecule has 0 amide bonds. The molecule has 2 rings (SSSR count). The van der Waals surface area contributed by atoms with Crippen LogP contribution in [0.1, 0.15) is 66.2 Å². The maximum absolute atomic E-state index is 11.0. The highest BCUT2D eigenvalue weighted by atomic mass is 16.1. The Bertz CT molecular complexity index is 351. The summed E-state index contributed by atoms with van der Waals surface area (Å²) in [6.07, 6.45) is 8.23. The van der Waals surface area contributed by atoms with E-state index in [0.717, 1.165) is 12.2 Å². The zero-order valence-electron chi connectivity index (χ0n) is 11.8. The molecule has 0 saturated heterocycles.